The Morgan fingerprint density at radius 3 is 2.59 bits per heavy atom. The van der Waals surface area contributed by atoms with E-state index in [-0.39, 0.29) is 5.92 Å². The lowest BCUT2D eigenvalue weighted by Crippen LogP contribution is -2.42. The first-order valence-electron chi connectivity index (χ1n) is 6.95. The van der Waals surface area contributed by atoms with Crippen LogP contribution in [0, 0.1) is 11.8 Å². The highest BCUT2D eigenvalue weighted by atomic mass is 16.2. The van der Waals surface area contributed by atoms with Crippen LogP contribution >= 0.6 is 0 Å². The Hall–Kier alpha value is -0.830. The van der Waals surface area contributed by atoms with Crippen molar-refractivity contribution in [2.24, 2.45) is 17.6 Å². The van der Waals surface area contributed by atoms with Crippen LogP contribution in [0.4, 0.5) is 0 Å². The minimum Gasteiger partial charge on any atom is -0.342 e. The van der Waals surface area contributed by atoms with E-state index >= 15 is 0 Å². The van der Waals surface area contributed by atoms with Crippen molar-refractivity contribution in [2.45, 2.75) is 38.5 Å². The third-order valence-corrected chi connectivity index (χ3v) is 4.12. The lowest BCUT2D eigenvalue weighted by molar-refractivity contribution is -0.137. The molecule has 1 atom stereocenters. The first kappa shape index (κ1) is 12.6. The highest BCUT2D eigenvalue weighted by Crippen LogP contribution is 2.25. The molecule has 0 saturated carbocycles. The van der Waals surface area contributed by atoms with Gasteiger partial charge in [0, 0.05) is 19.0 Å². The normalized spacial score (nSPS) is 26.2. The van der Waals surface area contributed by atoms with E-state index in [1.165, 1.54) is 0 Å². The summed E-state index contributed by atoms with van der Waals surface area (Å²) in [6.07, 6.45) is 10.8. The molecule has 3 nitrogen and oxygen atoms in total. The molecule has 0 bridgehead atoms. The standard InChI is InChI=1S/C14H24N2O/c15-9-6-12-7-10-16(11-8-12)14(17)13-4-2-1-3-5-13/h1-2,12-13H,3-11,15H2. The molecule has 1 heterocycles. The molecule has 1 unspecified atom stereocenters. The summed E-state index contributed by atoms with van der Waals surface area (Å²) >= 11 is 0. The zero-order chi connectivity index (χ0) is 12.1. The molecule has 2 aliphatic rings. The molecule has 0 spiro atoms. The van der Waals surface area contributed by atoms with Crippen LogP contribution in [0.25, 0.3) is 0 Å². The summed E-state index contributed by atoms with van der Waals surface area (Å²) in [7, 11) is 0. The Balaban J connectivity index is 1.79. The molecule has 1 saturated heterocycles. The van der Waals surface area contributed by atoms with Gasteiger partial charge in [0.15, 0.2) is 0 Å². The number of rotatable bonds is 3. The Labute approximate surface area is 104 Å². The van der Waals surface area contributed by atoms with Crippen molar-refractivity contribution in [2.75, 3.05) is 19.6 Å². The van der Waals surface area contributed by atoms with E-state index in [0.717, 1.165) is 64.1 Å². The van der Waals surface area contributed by atoms with Crippen molar-refractivity contribution >= 4 is 5.91 Å². The summed E-state index contributed by atoms with van der Waals surface area (Å²) in [5.74, 6) is 1.39. The van der Waals surface area contributed by atoms with Crippen LogP contribution in [0.15, 0.2) is 12.2 Å². The van der Waals surface area contributed by atoms with Crippen LogP contribution in [-0.2, 0) is 4.79 Å². The van der Waals surface area contributed by atoms with Gasteiger partial charge >= 0.3 is 0 Å². The number of piperidine rings is 1. The summed E-state index contributed by atoms with van der Waals surface area (Å²) in [5.41, 5.74) is 5.58. The number of hydrogen-bond donors (Lipinski definition) is 1. The van der Waals surface area contributed by atoms with Crippen molar-refractivity contribution in [1.82, 2.24) is 4.90 Å². The molecule has 2 rings (SSSR count). The van der Waals surface area contributed by atoms with Gasteiger partial charge in [-0.1, -0.05) is 12.2 Å². The number of amides is 1. The minimum atomic E-state index is 0.256. The van der Waals surface area contributed by atoms with Crippen molar-refractivity contribution in [3.63, 3.8) is 0 Å². The monoisotopic (exact) mass is 236 g/mol. The number of nitrogens with zero attached hydrogens (tertiary/aromatic N) is 1. The van der Waals surface area contributed by atoms with Gasteiger partial charge in [0.2, 0.25) is 5.91 Å². The van der Waals surface area contributed by atoms with Gasteiger partial charge in [-0.25, -0.2) is 0 Å². The average Bonchev–Trinajstić information content (AvgIpc) is 2.40. The van der Waals surface area contributed by atoms with E-state index in [1.807, 2.05) is 0 Å². The molecule has 1 amide bonds. The number of likely N-dealkylation sites (tertiary alicyclic amines) is 1. The second-order valence-electron chi connectivity index (χ2n) is 5.33. The average molecular weight is 236 g/mol. The highest BCUT2D eigenvalue weighted by Gasteiger charge is 2.27. The number of carbonyl (C=O) groups is 1. The quantitative estimate of drug-likeness (QED) is 0.761. The maximum Gasteiger partial charge on any atom is 0.226 e. The van der Waals surface area contributed by atoms with E-state index in [0.29, 0.717) is 5.91 Å². The number of hydrogen-bond acceptors (Lipinski definition) is 2. The van der Waals surface area contributed by atoms with Gasteiger partial charge in [-0.15, -0.1) is 0 Å². The van der Waals surface area contributed by atoms with E-state index in [1.54, 1.807) is 0 Å². The third-order valence-electron chi connectivity index (χ3n) is 4.12. The molecule has 0 radical (unpaired) electrons. The molecule has 2 N–H and O–H groups in total. The molecule has 0 aromatic heterocycles. The molecule has 1 fully saturated rings. The first-order valence-corrected chi connectivity index (χ1v) is 6.95. The predicted molar refractivity (Wildman–Crippen MR) is 69.5 cm³/mol. The highest BCUT2D eigenvalue weighted by molar-refractivity contribution is 5.79. The molecule has 1 aliphatic heterocycles. The Bertz CT molecular complexity index is 280. The Morgan fingerprint density at radius 2 is 2.00 bits per heavy atom. The second kappa shape index (κ2) is 6.20. The van der Waals surface area contributed by atoms with E-state index in [9.17, 15) is 4.79 Å². The van der Waals surface area contributed by atoms with E-state index in [2.05, 4.69) is 17.1 Å². The third kappa shape index (κ3) is 3.32. The van der Waals surface area contributed by atoms with Gasteiger partial charge in [-0.3, -0.25) is 4.79 Å². The largest absolute Gasteiger partial charge is 0.342 e. The Kier molecular flexibility index (Phi) is 4.60. The second-order valence-corrected chi connectivity index (χ2v) is 5.33. The van der Waals surface area contributed by atoms with E-state index in [4.69, 9.17) is 5.73 Å². The van der Waals surface area contributed by atoms with Crippen LogP contribution < -0.4 is 5.73 Å². The summed E-state index contributed by atoms with van der Waals surface area (Å²) in [6, 6.07) is 0. The molecule has 0 aromatic rings. The molecule has 1 aliphatic carbocycles. The van der Waals surface area contributed by atoms with Gasteiger partial charge in [-0.05, 0) is 51.0 Å². The summed E-state index contributed by atoms with van der Waals surface area (Å²) in [4.78, 5) is 14.4. The van der Waals surface area contributed by atoms with Crippen molar-refractivity contribution < 1.29 is 4.79 Å². The fourth-order valence-electron chi connectivity index (χ4n) is 2.95. The molecular formula is C14H24N2O. The number of carbonyl (C=O) groups excluding carboxylic acids is 1. The van der Waals surface area contributed by atoms with Gasteiger partial charge < -0.3 is 10.6 Å². The maximum absolute atomic E-state index is 12.3. The van der Waals surface area contributed by atoms with E-state index < -0.39 is 0 Å². The molecule has 3 heteroatoms. The van der Waals surface area contributed by atoms with Gasteiger partial charge in [0.1, 0.15) is 0 Å². The fourth-order valence-corrected chi connectivity index (χ4v) is 2.95. The van der Waals surface area contributed by atoms with Crippen LogP contribution in [-0.4, -0.2) is 30.4 Å². The molecule has 17 heavy (non-hydrogen) atoms. The SMILES string of the molecule is NCCC1CCN(C(=O)C2CC=CCC2)CC1. The van der Waals surface area contributed by atoms with Crippen LogP contribution in [0.1, 0.15) is 38.5 Å². The van der Waals surface area contributed by atoms with Crippen molar-refractivity contribution in [1.29, 1.82) is 0 Å². The zero-order valence-corrected chi connectivity index (χ0v) is 10.6. The summed E-state index contributed by atoms with van der Waals surface area (Å²) in [6.45, 7) is 2.68. The lowest BCUT2D eigenvalue weighted by Gasteiger charge is -2.34. The topological polar surface area (TPSA) is 46.3 Å². The van der Waals surface area contributed by atoms with Crippen LogP contribution in [0.5, 0.6) is 0 Å². The van der Waals surface area contributed by atoms with Gasteiger partial charge in [0.25, 0.3) is 0 Å². The van der Waals surface area contributed by atoms with Crippen molar-refractivity contribution in [3.8, 4) is 0 Å². The molecular weight excluding hydrogens is 212 g/mol. The summed E-state index contributed by atoms with van der Waals surface area (Å²) < 4.78 is 0. The first-order chi connectivity index (χ1) is 8.31. The minimum absolute atomic E-state index is 0.256. The Morgan fingerprint density at radius 1 is 1.24 bits per heavy atom. The smallest absolute Gasteiger partial charge is 0.226 e. The molecule has 0 aromatic carbocycles. The molecule has 96 valence electrons. The number of allylic oxidation sites excluding steroid dienone is 2. The van der Waals surface area contributed by atoms with Crippen molar-refractivity contribution in [3.05, 3.63) is 12.2 Å². The predicted octanol–water partition coefficient (Wildman–Crippen LogP) is 1.93. The lowest BCUT2D eigenvalue weighted by atomic mass is 9.90. The number of nitrogens with two attached hydrogens (primary N) is 1. The fraction of sp³-hybridized carbons (Fsp3) is 0.786. The maximum atomic E-state index is 12.3. The summed E-state index contributed by atoms with van der Waals surface area (Å²) in [5, 5.41) is 0. The van der Waals surface area contributed by atoms with Gasteiger partial charge in [0.05, 0.1) is 0 Å². The van der Waals surface area contributed by atoms with Crippen LogP contribution in [0.3, 0.4) is 0 Å². The van der Waals surface area contributed by atoms with Crippen LogP contribution in [0.2, 0.25) is 0 Å². The van der Waals surface area contributed by atoms with Gasteiger partial charge in [-0.2, -0.15) is 0 Å². The zero-order valence-electron chi connectivity index (χ0n) is 10.6.